The predicted molar refractivity (Wildman–Crippen MR) is 115 cm³/mol. The van der Waals surface area contributed by atoms with Crippen molar-refractivity contribution in [1.82, 2.24) is 16.0 Å². The molecule has 0 aromatic heterocycles. The van der Waals surface area contributed by atoms with Gasteiger partial charge < -0.3 is 16.0 Å². The number of rotatable bonds is 14. The second-order valence-corrected chi connectivity index (χ2v) is 9.81. The molecule has 0 atom stereocenters. The van der Waals surface area contributed by atoms with Gasteiger partial charge in [-0.05, 0) is 71.3 Å². The Morgan fingerprint density at radius 1 is 0.630 bits per heavy atom. The SMILES string of the molecule is CC(C)(C)CCCCNC(=O)CCCCNC(=O)CCCCNC(C)(C)C. The molecule has 5 heteroatoms. The van der Waals surface area contributed by atoms with Gasteiger partial charge in [0.25, 0.3) is 0 Å². The Kier molecular flexibility index (Phi) is 13.4. The van der Waals surface area contributed by atoms with E-state index in [-0.39, 0.29) is 17.4 Å². The molecule has 0 fully saturated rings. The van der Waals surface area contributed by atoms with Gasteiger partial charge in [0.05, 0.1) is 0 Å². The average Bonchev–Trinajstić information content (AvgIpc) is 2.51. The van der Waals surface area contributed by atoms with Gasteiger partial charge in [0.2, 0.25) is 11.8 Å². The third kappa shape index (κ3) is 21.1. The molecule has 0 aromatic carbocycles. The molecule has 0 rings (SSSR count). The average molecular weight is 384 g/mol. The monoisotopic (exact) mass is 383 g/mol. The lowest BCUT2D eigenvalue weighted by Gasteiger charge is -2.20. The summed E-state index contributed by atoms with van der Waals surface area (Å²) in [5, 5.41) is 9.36. The number of nitrogens with one attached hydrogen (secondary N) is 3. The number of amides is 2. The number of carbonyl (C=O) groups excluding carboxylic acids is 2. The zero-order valence-corrected chi connectivity index (χ0v) is 18.8. The van der Waals surface area contributed by atoms with Crippen LogP contribution in [0, 0.1) is 5.41 Å². The maximum atomic E-state index is 11.8. The fourth-order valence-electron chi connectivity index (χ4n) is 2.70. The third-order valence-electron chi connectivity index (χ3n) is 4.31. The second kappa shape index (κ2) is 14.0. The summed E-state index contributed by atoms with van der Waals surface area (Å²) in [6.45, 7) is 15.6. The van der Waals surface area contributed by atoms with Gasteiger partial charge in [-0.15, -0.1) is 0 Å². The Hall–Kier alpha value is -1.10. The van der Waals surface area contributed by atoms with Crippen LogP contribution in [0.25, 0.3) is 0 Å². The first kappa shape index (κ1) is 25.9. The molecular weight excluding hydrogens is 338 g/mol. The summed E-state index contributed by atoms with van der Waals surface area (Å²) in [7, 11) is 0. The summed E-state index contributed by atoms with van der Waals surface area (Å²) in [6.07, 6.45) is 8.13. The molecule has 0 bridgehead atoms. The van der Waals surface area contributed by atoms with E-state index in [1.165, 1.54) is 6.42 Å². The molecule has 0 aliphatic carbocycles. The Bertz CT molecular complexity index is 371. The van der Waals surface area contributed by atoms with Crippen molar-refractivity contribution in [2.45, 2.75) is 105 Å². The molecule has 0 aromatic rings. The van der Waals surface area contributed by atoms with Crippen molar-refractivity contribution >= 4 is 11.8 Å². The van der Waals surface area contributed by atoms with Crippen molar-refractivity contribution in [1.29, 1.82) is 0 Å². The number of hydrogen-bond donors (Lipinski definition) is 3. The van der Waals surface area contributed by atoms with E-state index in [1.54, 1.807) is 0 Å². The van der Waals surface area contributed by atoms with Crippen LogP contribution in [-0.4, -0.2) is 37.0 Å². The fraction of sp³-hybridized carbons (Fsp3) is 0.909. The van der Waals surface area contributed by atoms with E-state index >= 15 is 0 Å². The molecule has 5 nitrogen and oxygen atoms in total. The molecule has 3 N–H and O–H groups in total. The summed E-state index contributed by atoms with van der Waals surface area (Å²) < 4.78 is 0. The van der Waals surface area contributed by atoms with E-state index in [0.717, 1.165) is 51.6 Å². The summed E-state index contributed by atoms with van der Waals surface area (Å²) >= 11 is 0. The smallest absolute Gasteiger partial charge is 0.219 e. The molecule has 0 unspecified atom stereocenters. The first-order valence-corrected chi connectivity index (χ1v) is 10.8. The summed E-state index contributed by atoms with van der Waals surface area (Å²) in [6, 6.07) is 0. The van der Waals surface area contributed by atoms with E-state index in [0.29, 0.717) is 24.8 Å². The Balaban J connectivity index is 3.44. The third-order valence-corrected chi connectivity index (χ3v) is 4.31. The lowest BCUT2D eigenvalue weighted by Crippen LogP contribution is -2.36. The molecule has 0 saturated carbocycles. The molecule has 0 radical (unpaired) electrons. The van der Waals surface area contributed by atoms with Crippen LogP contribution in [-0.2, 0) is 9.59 Å². The van der Waals surface area contributed by atoms with E-state index in [9.17, 15) is 9.59 Å². The van der Waals surface area contributed by atoms with Crippen molar-refractivity contribution in [3.8, 4) is 0 Å². The minimum atomic E-state index is 0.119. The molecule has 0 aliphatic heterocycles. The Labute approximate surface area is 167 Å². The van der Waals surface area contributed by atoms with Crippen LogP contribution in [0.5, 0.6) is 0 Å². The number of unbranched alkanes of at least 4 members (excludes halogenated alkanes) is 3. The van der Waals surface area contributed by atoms with Crippen LogP contribution in [0.3, 0.4) is 0 Å². The lowest BCUT2D eigenvalue weighted by molar-refractivity contribution is -0.121. The van der Waals surface area contributed by atoms with E-state index in [2.05, 4.69) is 57.5 Å². The van der Waals surface area contributed by atoms with Gasteiger partial charge in [-0.25, -0.2) is 0 Å². The highest BCUT2D eigenvalue weighted by molar-refractivity contribution is 5.76. The summed E-state index contributed by atoms with van der Waals surface area (Å²) in [4.78, 5) is 23.5. The molecule has 0 heterocycles. The van der Waals surface area contributed by atoms with Gasteiger partial charge in [0.15, 0.2) is 0 Å². The molecule has 160 valence electrons. The maximum absolute atomic E-state index is 11.8. The fourth-order valence-corrected chi connectivity index (χ4v) is 2.70. The summed E-state index contributed by atoms with van der Waals surface area (Å²) in [5.74, 6) is 0.248. The van der Waals surface area contributed by atoms with Gasteiger partial charge in [0, 0.05) is 31.5 Å². The van der Waals surface area contributed by atoms with Crippen LogP contribution in [0.2, 0.25) is 0 Å². The van der Waals surface area contributed by atoms with Crippen molar-refractivity contribution in [3.63, 3.8) is 0 Å². The van der Waals surface area contributed by atoms with Crippen molar-refractivity contribution in [3.05, 3.63) is 0 Å². The standard InChI is InChI=1S/C22H45N3O2/c1-21(2,3)15-9-12-17-24-19(26)13-7-10-16-23-20(27)14-8-11-18-25-22(4,5)6/h25H,7-18H2,1-6H3,(H,23,27)(H,24,26). The van der Waals surface area contributed by atoms with Gasteiger partial charge >= 0.3 is 0 Å². The minimum absolute atomic E-state index is 0.119. The lowest BCUT2D eigenvalue weighted by atomic mass is 9.90. The zero-order chi connectivity index (χ0) is 20.8. The first-order chi connectivity index (χ1) is 12.5. The highest BCUT2D eigenvalue weighted by atomic mass is 16.2. The quantitative estimate of drug-likeness (QED) is 0.394. The Morgan fingerprint density at radius 3 is 1.52 bits per heavy atom. The van der Waals surface area contributed by atoms with Gasteiger partial charge in [-0.3, -0.25) is 9.59 Å². The highest BCUT2D eigenvalue weighted by Crippen LogP contribution is 2.21. The van der Waals surface area contributed by atoms with Gasteiger partial charge in [-0.2, -0.15) is 0 Å². The van der Waals surface area contributed by atoms with Crippen molar-refractivity contribution < 1.29 is 9.59 Å². The minimum Gasteiger partial charge on any atom is -0.356 e. The molecule has 27 heavy (non-hydrogen) atoms. The van der Waals surface area contributed by atoms with Crippen LogP contribution in [0.15, 0.2) is 0 Å². The van der Waals surface area contributed by atoms with Gasteiger partial charge in [0.1, 0.15) is 0 Å². The first-order valence-electron chi connectivity index (χ1n) is 10.8. The Morgan fingerprint density at radius 2 is 1.07 bits per heavy atom. The number of carbonyl (C=O) groups is 2. The molecular formula is C22H45N3O2. The molecule has 0 spiro atoms. The molecule has 0 aliphatic rings. The number of hydrogen-bond acceptors (Lipinski definition) is 3. The predicted octanol–water partition coefficient (Wildman–Crippen LogP) is 4.16. The van der Waals surface area contributed by atoms with Crippen LogP contribution < -0.4 is 16.0 Å². The van der Waals surface area contributed by atoms with Crippen LogP contribution in [0.1, 0.15) is 99.3 Å². The van der Waals surface area contributed by atoms with Crippen molar-refractivity contribution in [2.24, 2.45) is 5.41 Å². The zero-order valence-electron chi connectivity index (χ0n) is 18.8. The second-order valence-electron chi connectivity index (χ2n) is 9.81. The normalized spacial score (nSPS) is 12.1. The van der Waals surface area contributed by atoms with Gasteiger partial charge in [-0.1, -0.05) is 27.2 Å². The van der Waals surface area contributed by atoms with E-state index in [4.69, 9.17) is 0 Å². The van der Waals surface area contributed by atoms with Crippen LogP contribution >= 0.6 is 0 Å². The van der Waals surface area contributed by atoms with Crippen LogP contribution in [0.4, 0.5) is 0 Å². The largest absolute Gasteiger partial charge is 0.356 e. The van der Waals surface area contributed by atoms with Crippen molar-refractivity contribution in [2.75, 3.05) is 19.6 Å². The van der Waals surface area contributed by atoms with E-state index in [1.807, 2.05) is 0 Å². The summed E-state index contributed by atoms with van der Waals surface area (Å²) in [5.41, 5.74) is 0.513. The molecule has 0 saturated heterocycles. The maximum Gasteiger partial charge on any atom is 0.219 e. The molecule has 2 amide bonds. The topological polar surface area (TPSA) is 70.2 Å². The van der Waals surface area contributed by atoms with E-state index < -0.39 is 0 Å². The highest BCUT2D eigenvalue weighted by Gasteiger charge is 2.09.